The highest BCUT2D eigenvalue weighted by Crippen LogP contribution is 2.45. The number of anilines is 1. The molecule has 9 heteroatoms. The van der Waals surface area contributed by atoms with Gasteiger partial charge in [0.05, 0.1) is 23.8 Å². The third-order valence-electron chi connectivity index (χ3n) is 6.07. The van der Waals surface area contributed by atoms with Crippen LogP contribution in [-0.2, 0) is 20.4 Å². The highest BCUT2D eigenvalue weighted by Gasteiger charge is 2.51. The number of methoxy groups -OCH3 is 1. The molecule has 1 aromatic carbocycles. The molecule has 164 valence electrons. The fourth-order valence-corrected chi connectivity index (χ4v) is 4.63. The second-order valence-corrected chi connectivity index (χ2v) is 7.95. The zero-order valence-corrected chi connectivity index (χ0v) is 17.2. The summed E-state index contributed by atoms with van der Waals surface area (Å²) in [7, 11) is 1.60. The summed E-state index contributed by atoms with van der Waals surface area (Å²) in [6, 6.07) is 5.45. The standard InChI is InChI=1S/C21H26F3N3O3/c1-3-30-11-19(28)26-7-6-16-10-27(13-20(16,12-26)14-29-2)17-5-4-15(9-25)18(8-17)21(22,23)24/h4-5,8,16H,3,6-7,10-14H2,1-2H3/t16-,20+/m1/s1. The van der Waals surface area contributed by atoms with E-state index in [2.05, 4.69) is 0 Å². The third kappa shape index (κ3) is 4.40. The van der Waals surface area contributed by atoms with Crippen LogP contribution in [-0.4, -0.2) is 63.9 Å². The first kappa shape index (κ1) is 22.4. The van der Waals surface area contributed by atoms with Gasteiger partial charge >= 0.3 is 6.18 Å². The van der Waals surface area contributed by atoms with Crippen molar-refractivity contribution in [3.05, 3.63) is 29.3 Å². The number of hydrogen-bond acceptors (Lipinski definition) is 5. The first-order chi connectivity index (χ1) is 14.2. The van der Waals surface area contributed by atoms with Crippen LogP contribution in [0.5, 0.6) is 0 Å². The van der Waals surface area contributed by atoms with Gasteiger partial charge in [0.15, 0.2) is 0 Å². The molecule has 1 amide bonds. The number of carbonyl (C=O) groups is 1. The molecule has 2 heterocycles. The molecule has 0 spiro atoms. The molecule has 0 aliphatic carbocycles. The normalized spacial score (nSPS) is 23.9. The van der Waals surface area contributed by atoms with Gasteiger partial charge in [0.2, 0.25) is 5.91 Å². The lowest BCUT2D eigenvalue weighted by Gasteiger charge is -2.43. The molecular formula is C21H26F3N3O3. The molecule has 2 fully saturated rings. The Balaban J connectivity index is 1.85. The summed E-state index contributed by atoms with van der Waals surface area (Å²) in [6.45, 7) is 4.86. The van der Waals surface area contributed by atoms with E-state index < -0.39 is 11.7 Å². The lowest BCUT2D eigenvalue weighted by atomic mass is 9.74. The van der Waals surface area contributed by atoms with E-state index >= 15 is 0 Å². The SMILES string of the molecule is CCOCC(=O)N1CC[C@@H]2CN(c3ccc(C#N)c(C(F)(F)F)c3)C[C@]2(COC)C1. The predicted molar refractivity (Wildman–Crippen MR) is 104 cm³/mol. The Bertz CT molecular complexity index is 824. The van der Waals surface area contributed by atoms with E-state index in [4.69, 9.17) is 14.7 Å². The molecule has 2 aliphatic rings. The van der Waals surface area contributed by atoms with Crippen LogP contribution < -0.4 is 4.90 Å². The Labute approximate surface area is 174 Å². The van der Waals surface area contributed by atoms with Crippen LogP contribution >= 0.6 is 0 Å². The quantitative estimate of drug-likeness (QED) is 0.701. The molecule has 2 aliphatic heterocycles. The summed E-state index contributed by atoms with van der Waals surface area (Å²) < 4.78 is 50.9. The average Bonchev–Trinajstić information content (AvgIpc) is 3.09. The molecule has 2 atom stereocenters. The molecule has 0 unspecified atom stereocenters. The summed E-state index contributed by atoms with van der Waals surface area (Å²) in [4.78, 5) is 16.1. The van der Waals surface area contributed by atoms with E-state index in [1.54, 1.807) is 24.1 Å². The fraction of sp³-hybridized carbons (Fsp3) is 0.619. The van der Waals surface area contributed by atoms with Crippen molar-refractivity contribution in [1.29, 1.82) is 5.26 Å². The first-order valence-electron chi connectivity index (χ1n) is 9.95. The van der Waals surface area contributed by atoms with Crippen molar-refractivity contribution < 1.29 is 27.4 Å². The Morgan fingerprint density at radius 1 is 1.37 bits per heavy atom. The molecule has 30 heavy (non-hydrogen) atoms. The molecule has 6 nitrogen and oxygen atoms in total. The van der Waals surface area contributed by atoms with Crippen molar-refractivity contribution in [3.63, 3.8) is 0 Å². The molecule has 2 saturated heterocycles. The third-order valence-corrected chi connectivity index (χ3v) is 6.07. The number of rotatable bonds is 6. The van der Waals surface area contributed by atoms with Gasteiger partial charge in [0, 0.05) is 51.0 Å². The van der Waals surface area contributed by atoms with Gasteiger partial charge in [0.25, 0.3) is 0 Å². The predicted octanol–water partition coefficient (Wildman–Crippen LogP) is 2.91. The van der Waals surface area contributed by atoms with Crippen LogP contribution in [0.25, 0.3) is 0 Å². The van der Waals surface area contributed by atoms with Crippen LogP contribution in [0, 0.1) is 22.7 Å². The second-order valence-electron chi connectivity index (χ2n) is 7.95. The summed E-state index contributed by atoms with van der Waals surface area (Å²) in [5.41, 5.74) is -1.24. The maximum atomic E-state index is 13.4. The van der Waals surface area contributed by atoms with Gasteiger partial charge in [0.1, 0.15) is 6.61 Å². The monoisotopic (exact) mass is 425 g/mol. The van der Waals surface area contributed by atoms with Gasteiger partial charge in [-0.1, -0.05) is 0 Å². The molecule has 0 bridgehead atoms. The van der Waals surface area contributed by atoms with Crippen LogP contribution in [0.4, 0.5) is 18.9 Å². The van der Waals surface area contributed by atoms with Crippen LogP contribution in [0.3, 0.4) is 0 Å². The molecule has 0 saturated carbocycles. The van der Waals surface area contributed by atoms with E-state index in [-0.39, 0.29) is 29.4 Å². The molecule has 1 aromatic rings. The zero-order valence-electron chi connectivity index (χ0n) is 17.2. The van der Waals surface area contributed by atoms with E-state index in [9.17, 15) is 18.0 Å². The number of nitrogens with zero attached hydrogens (tertiary/aromatic N) is 3. The summed E-state index contributed by atoms with van der Waals surface area (Å²) in [6.07, 6.45) is -3.85. The lowest BCUT2D eigenvalue weighted by molar-refractivity contribution is -0.141. The minimum absolute atomic E-state index is 0.0263. The summed E-state index contributed by atoms with van der Waals surface area (Å²) in [5.74, 6) is 0.112. The van der Waals surface area contributed by atoms with E-state index in [1.807, 2.05) is 11.8 Å². The second kappa shape index (κ2) is 8.82. The Morgan fingerprint density at radius 2 is 2.13 bits per heavy atom. The number of alkyl halides is 3. The van der Waals surface area contributed by atoms with Crippen LogP contribution in [0.15, 0.2) is 18.2 Å². The molecule has 3 rings (SSSR count). The largest absolute Gasteiger partial charge is 0.417 e. The van der Waals surface area contributed by atoms with Crippen molar-refractivity contribution in [1.82, 2.24) is 4.90 Å². The first-order valence-corrected chi connectivity index (χ1v) is 9.95. The van der Waals surface area contributed by atoms with Gasteiger partial charge in [-0.05, 0) is 37.5 Å². The average molecular weight is 425 g/mol. The minimum Gasteiger partial charge on any atom is -0.384 e. The van der Waals surface area contributed by atoms with E-state index in [1.165, 1.54) is 6.07 Å². The van der Waals surface area contributed by atoms with Gasteiger partial charge in [-0.2, -0.15) is 18.4 Å². The highest BCUT2D eigenvalue weighted by molar-refractivity contribution is 5.77. The number of halogens is 3. The minimum atomic E-state index is -4.60. The number of piperidine rings is 1. The van der Waals surface area contributed by atoms with Crippen molar-refractivity contribution in [2.45, 2.75) is 19.5 Å². The topological polar surface area (TPSA) is 65.8 Å². The van der Waals surface area contributed by atoms with Crippen molar-refractivity contribution in [2.75, 3.05) is 58.0 Å². The number of carbonyl (C=O) groups excluding carboxylic acids is 1. The number of nitriles is 1. The van der Waals surface area contributed by atoms with Crippen molar-refractivity contribution >= 4 is 11.6 Å². The number of benzene rings is 1. The molecule has 0 N–H and O–H groups in total. The number of hydrogen-bond donors (Lipinski definition) is 0. The van der Waals surface area contributed by atoms with E-state index in [0.717, 1.165) is 12.5 Å². The zero-order chi connectivity index (χ0) is 21.9. The van der Waals surface area contributed by atoms with Gasteiger partial charge < -0.3 is 19.3 Å². The smallest absolute Gasteiger partial charge is 0.384 e. The summed E-state index contributed by atoms with van der Waals surface area (Å²) in [5, 5.41) is 9.03. The highest BCUT2D eigenvalue weighted by atomic mass is 19.4. The van der Waals surface area contributed by atoms with Gasteiger partial charge in [-0.3, -0.25) is 4.79 Å². The maximum Gasteiger partial charge on any atom is 0.417 e. The molecule has 0 radical (unpaired) electrons. The Morgan fingerprint density at radius 3 is 2.77 bits per heavy atom. The Hall–Kier alpha value is -2.31. The van der Waals surface area contributed by atoms with Crippen LogP contribution in [0.2, 0.25) is 0 Å². The fourth-order valence-electron chi connectivity index (χ4n) is 4.63. The van der Waals surface area contributed by atoms with Gasteiger partial charge in [-0.15, -0.1) is 0 Å². The number of amides is 1. The number of likely N-dealkylation sites (tertiary alicyclic amines) is 1. The summed E-state index contributed by atoms with van der Waals surface area (Å²) >= 11 is 0. The maximum absolute atomic E-state index is 13.4. The van der Waals surface area contributed by atoms with Crippen molar-refractivity contribution in [2.24, 2.45) is 11.3 Å². The van der Waals surface area contributed by atoms with E-state index in [0.29, 0.717) is 45.1 Å². The Kier molecular flexibility index (Phi) is 6.58. The number of fused-ring (bicyclic) bond motifs is 1. The molecular weight excluding hydrogens is 399 g/mol. The lowest BCUT2D eigenvalue weighted by Crippen LogP contribution is -2.53. The number of ether oxygens (including phenoxy) is 2. The molecule has 0 aromatic heterocycles. The van der Waals surface area contributed by atoms with Crippen LogP contribution in [0.1, 0.15) is 24.5 Å². The van der Waals surface area contributed by atoms with Gasteiger partial charge in [-0.25, -0.2) is 0 Å². The van der Waals surface area contributed by atoms with Crippen molar-refractivity contribution in [3.8, 4) is 6.07 Å².